The van der Waals surface area contributed by atoms with Gasteiger partial charge in [0.15, 0.2) is 0 Å². The van der Waals surface area contributed by atoms with Gasteiger partial charge in [-0.15, -0.1) is 11.3 Å². The summed E-state index contributed by atoms with van der Waals surface area (Å²) in [5.74, 6) is -0.399. The largest absolute Gasteiger partial charge is 0.494 e. The van der Waals surface area contributed by atoms with Gasteiger partial charge in [0.2, 0.25) is 0 Å². The molecule has 0 unspecified atom stereocenters. The van der Waals surface area contributed by atoms with Crippen LogP contribution in [-0.4, -0.2) is 17.7 Å². The molecule has 0 aliphatic rings. The standard InChI is InChI=1S/C16H13NO3S/c1-2-20-13-5-3-11(4-6-13)15-8-7-14(21-15)9-12(10-17)16(18)19/h3-9H,2H2,1H3,(H,18,19). The van der Waals surface area contributed by atoms with E-state index in [-0.39, 0.29) is 5.57 Å². The third-order valence-corrected chi connectivity index (χ3v) is 3.80. The molecule has 0 aliphatic heterocycles. The highest BCUT2D eigenvalue weighted by molar-refractivity contribution is 7.16. The maximum atomic E-state index is 10.8. The van der Waals surface area contributed by atoms with E-state index in [0.29, 0.717) is 6.61 Å². The van der Waals surface area contributed by atoms with Crippen molar-refractivity contribution in [1.82, 2.24) is 0 Å². The number of hydrogen-bond donors (Lipinski definition) is 1. The zero-order valence-electron chi connectivity index (χ0n) is 11.4. The summed E-state index contributed by atoms with van der Waals surface area (Å²) < 4.78 is 5.39. The molecule has 106 valence electrons. The molecule has 5 heteroatoms. The Morgan fingerprint density at radius 1 is 1.33 bits per heavy atom. The lowest BCUT2D eigenvalue weighted by Crippen LogP contribution is -1.96. The Kier molecular flexibility index (Phi) is 4.75. The van der Waals surface area contributed by atoms with Gasteiger partial charge in [0.05, 0.1) is 6.61 Å². The van der Waals surface area contributed by atoms with Crippen LogP contribution in [0, 0.1) is 11.3 Å². The summed E-state index contributed by atoms with van der Waals surface area (Å²) in [5.41, 5.74) is 0.757. The molecule has 1 aromatic carbocycles. The first-order valence-corrected chi connectivity index (χ1v) is 7.14. The third kappa shape index (κ3) is 3.71. The van der Waals surface area contributed by atoms with Crippen LogP contribution < -0.4 is 4.74 Å². The normalized spacial score (nSPS) is 11.0. The molecular weight excluding hydrogens is 286 g/mol. The molecule has 21 heavy (non-hydrogen) atoms. The number of aliphatic carboxylic acids is 1. The fourth-order valence-electron chi connectivity index (χ4n) is 1.75. The average Bonchev–Trinajstić information content (AvgIpc) is 2.94. The molecule has 2 rings (SSSR count). The van der Waals surface area contributed by atoms with Crippen LogP contribution in [0.4, 0.5) is 0 Å². The summed E-state index contributed by atoms with van der Waals surface area (Å²) in [6.07, 6.45) is 1.38. The van der Waals surface area contributed by atoms with Crippen LogP contribution in [0.1, 0.15) is 11.8 Å². The Labute approximate surface area is 126 Å². The molecule has 0 saturated carbocycles. The van der Waals surface area contributed by atoms with Gasteiger partial charge >= 0.3 is 5.97 Å². The molecule has 0 saturated heterocycles. The smallest absolute Gasteiger partial charge is 0.346 e. The molecule has 0 radical (unpaired) electrons. The SMILES string of the molecule is CCOc1ccc(-c2ccc(C=C(C#N)C(=O)O)s2)cc1. The number of carboxylic acid groups (broad SMARTS) is 1. The molecule has 2 aromatic rings. The molecule has 1 N–H and O–H groups in total. The molecule has 0 amide bonds. The summed E-state index contributed by atoms with van der Waals surface area (Å²) in [5, 5.41) is 17.6. The van der Waals surface area contributed by atoms with Crippen molar-refractivity contribution in [3.8, 4) is 22.3 Å². The van der Waals surface area contributed by atoms with Crippen molar-refractivity contribution in [3.63, 3.8) is 0 Å². The Balaban J connectivity index is 2.24. The Bertz CT molecular complexity index is 708. The fourth-order valence-corrected chi connectivity index (χ4v) is 2.71. The van der Waals surface area contributed by atoms with Crippen molar-refractivity contribution in [2.45, 2.75) is 6.92 Å². The Hall–Kier alpha value is -2.58. The van der Waals surface area contributed by atoms with Gasteiger partial charge in [-0.25, -0.2) is 4.79 Å². The third-order valence-electron chi connectivity index (χ3n) is 2.71. The van der Waals surface area contributed by atoms with Crippen LogP contribution in [0.15, 0.2) is 42.0 Å². The minimum absolute atomic E-state index is 0.268. The summed E-state index contributed by atoms with van der Waals surface area (Å²) in [6, 6.07) is 13.1. The van der Waals surface area contributed by atoms with E-state index >= 15 is 0 Å². The highest BCUT2D eigenvalue weighted by atomic mass is 32.1. The second kappa shape index (κ2) is 6.73. The molecule has 1 heterocycles. The monoisotopic (exact) mass is 299 g/mol. The van der Waals surface area contributed by atoms with Crippen LogP contribution in [-0.2, 0) is 4.79 Å². The maximum absolute atomic E-state index is 10.8. The van der Waals surface area contributed by atoms with Crippen LogP contribution in [0.5, 0.6) is 5.75 Å². The number of rotatable bonds is 5. The molecule has 4 nitrogen and oxygen atoms in total. The van der Waals surface area contributed by atoms with Gasteiger partial charge in [0, 0.05) is 9.75 Å². The van der Waals surface area contributed by atoms with Gasteiger partial charge in [0.1, 0.15) is 17.4 Å². The number of carbonyl (C=O) groups is 1. The van der Waals surface area contributed by atoms with Crippen molar-refractivity contribution in [2.75, 3.05) is 6.61 Å². The van der Waals surface area contributed by atoms with Gasteiger partial charge in [0.25, 0.3) is 0 Å². The van der Waals surface area contributed by atoms with Crippen molar-refractivity contribution in [2.24, 2.45) is 0 Å². The molecule has 0 bridgehead atoms. The maximum Gasteiger partial charge on any atom is 0.346 e. The van der Waals surface area contributed by atoms with Gasteiger partial charge in [-0.05, 0) is 55.0 Å². The van der Waals surface area contributed by atoms with Crippen LogP contribution in [0.2, 0.25) is 0 Å². The summed E-state index contributed by atoms with van der Waals surface area (Å²) in [4.78, 5) is 12.6. The van der Waals surface area contributed by atoms with Gasteiger partial charge in [-0.2, -0.15) is 5.26 Å². The number of benzene rings is 1. The number of nitrogens with zero attached hydrogens (tertiary/aromatic N) is 1. The van der Waals surface area contributed by atoms with E-state index < -0.39 is 5.97 Å². The van der Waals surface area contributed by atoms with Crippen LogP contribution >= 0.6 is 11.3 Å². The van der Waals surface area contributed by atoms with Gasteiger partial charge in [-0.1, -0.05) is 0 Å². The predicted octanol–water partition coefficient (Wildman–Crippen LogP) is 3.81. The van der Waals surface area contributed by atoms with Crippen LogP contribution in [0.25, 0.3) is 16.5 Å². The molecule has 1 aromatic heterocycles. The molecule has 0 spiro atoms. The Morgan fingerprint density at radius 2 is 2.05 bits per heavy atom. The van der Waals surface area contributed by atoms with E-state index in [1.165, 1.54) is 17.4 Å². The quantitative estimate of drug-likeness (QED) is 0.673. The Morgan fingerprint density at radius 3 is 2.62 bits per heavy atom. The lowest BCUT2D eigenvalue weighted by molar-refractivity contribution is -0.132. The summed E-state index contributed by atoms with van der Waals surface area (Å²) >= 11 is 1.43. The predicted molar refractivity (Wildman–Crippen MR) is 82.1 cm³/mol. The van der Waals surface area contributed by atoms with E-state index in [0.717, 1.165) is 21.1 Å². The zero-order chi connectivity index (χ0) is 15.2. The zero-order valence-corrected chi connectivity index (χ0v) is 12.2. The lowest BCUT2D eigenvalue weighted by atomic mass is 10.2. The summed E-state index contributed by atoms with van der Waals surface area (Å²) in [7, 11) is 0. The minimum atomic E-state index is -1.21. The topological polar surface area (TPSA) is 70.3 Å². The number of hydrogen-bond acceptors (Lipinski definition) is 4. The first-order valence-electron chi connectivity index (χ1n) is 6.32. The van der Waals surface area contributed by atoms with Crippen molar-refractivity contribution in [1.29, 1.82) is 5.26 Å². The van der Waals surface area contributed by atoms with Crippen molar-refractivity contribution < 1.29 is 14.6 Å². The molecule has 0 fully saturated rings. The van der Waals surface area contributed by atoms with E-state index in [1.54, 1.807) is 12.1 Å². The van der Waals surface area contributed by atoms with Crippen molar-refractivity contribution >= 4 is 23.4 Å². The highest BCUT2D eigenvalue weighted by Gasteiger charge is 2.08. The first kappa shape index (κ1) is 14.8. The number of thiophene rings is 1. The second-order valence-electron chi connectivity index (χ2n) is 4.13. The van der Waals surface area contributed by atoms with Crippen LogP contribution in [0.3, 0.4) is 0 Å². The van der Waals surface area contributed by atoms with E-state index in [9.17, 15) is 4.79 Å². The molecule has 0 aliphatic carbocycles. The highest BCUT2D eigenvalue weighted by Crippen LogP contribution is 2.30. The number of ether oxygens (including phenoxy) is 1. The van der Waals surface area contributed by atoms with Gasteiger partial charge < -0.3 is 9.84 Å². The number of nitriles is 1. The number of carboxylic acids is 1. The van der Waals surface area contributed by atoms with E-state index in [2.05, 4.69) is 0 Å². The first-order chi connectivity index (χ1) is 10.1. The van der Waals surface area contributed by atoms with E-state index in [4.69, 9.17) is 15.1 Å². The summed E-state index contributed by atoms with van der Waals surface area (Å²) in [6.45, 7) is 2.56. The second-order valence-corrected chi connectivity index (χ2v) is 5.25. The van der Waals surface area contributed by atoms with Gasteiger partial charge in [-0.3, -0.25) is 0 Å². The average molecular weight is 299 g/mol. The molecule has 0 atom stereocenters. The fraction of sp³-hybridized carbons (Fsp3) is 0.125. The lowest BCUT2D eigenvalue weighted by Gasteiger charge is -2.03. The van der Waals surface area contributed by atoms with Crippen molar-refractivity contribution in [3.05, 3.63) is 46.8 Å². The minimum Gasteiger partial charge on any atom is -0.494 e. The molecular formula is C16H13NO3S. The van der Waals surface area contributed by atoms with E-state index in [1.807, 2.05) is 37.3 Å².